The van der Waals surface area contributed by atoms with Crippen LogP contribution in [0.4, 0.5) is 5.69 Å². The van der Waals surface area contributed by atoms with Crippen molar-refractivity contribution in [2.75, 3.05) is 5.32 Å². The van der Waals surface area contributed by atoms with Gasteiger partial charge in [-0.1, -0.05) is 28.1 Å². The second-order valence-electron chi connectivity index (χ2n) is 5.20. The maximum atomic E-state index is 11.4. The summed E-state index contributed by atoms with van der Waals surface area (Å²) in [4.78, 5) is 11.5. The Bertz CT molecular complexity index is 675. The van der Waals surface area contributed by atoms with Crippen LogP contribution in [0, 0.1) is 13.8 Å². The predicted molar refractivity (Wildman–Crippen MR) is 82.3 cm³/mol. The lowest BCUT2D eigenvalue weighted by Crippen LogP contribution is -2.19. The highest BCUT2D eigenvalue weighted by atomic mass is 79.9. The first-order valence-electron chi connectivity index (χ1n) is 6.68. The average molecular weight is 334 g/mol. The number of anilines is 1. The van der Waals surface area contributed by atoms with E-state index in [1.54, 1.807) is 0 Å². The molecule has 0 aliphatic carbocycles. The summed E-state index contributed by atoms with van der Waals surface area (Å²) in [5.41, 5.74) is 4.47. The molecule has 104 valence electrons. The molecule has 3 nitrogen and oxygen atoms in total. The van der Waals surface area contributed by atoms with Crippen molar-refractivity contribution in [3.05, 3.63) is 52.5 Å². The Morgan fingerprint density at radius 1 is 1.25 bits per heavy atom. The molecule has 20 heavy (non-hydrogen) atoms. The fourth-order valence-corrected chi connectivity index (χ4v) is 3.38. The molecule has 1 aromatic carbocycles. The lowest BCUT2D eigenvalue weighted by molar-refractivity contribution is -0.116. The fourth-order valence-electron chi connectivity index (χ4n) is 2.64. The van der Waals surface area contributed by atoms with E-state index in [9.17, 15) is 4.79 Å². The highest BCUT2D eigenvalue weighted by Gasteiger charge is 2.20. The van der Waals surface area contributed by atoms with Crippen LogP contribution in [0.5, 0.6) is 0 Å². The Morgan fingerprint density at radius 2 is 2.05 bits per heavy atom. The quantitative estimate of drug-likeness (QED) is 0.834. The van der Waals surface area contributed by atoms with E-state index in [-0.39, 0.29) is 10.7 Å². The third-order valence-electron chi connectivity index (χ3n) is 3.67. The SMILES string of the molecule is Cc1cc(C(Br)c2ccc3c(c2)CCC(=O)N3)c(C)o1. The van der Waals surface area contributed by atoms with Crippen molar-refractivity contribution in [1.82, 2.24) is 0 Å². The zero-order valence-electron chi connectivity index (χ0n) is 11.5. The number of alkyl halides is 1. The van der Waals surface area contributed by atoms with Crippen LogP contribution in [-0.4, -0.2) is 5.91 Å². The second-order valence-corrected chi connectivity index (χ2v) is 6.11. The lowest BCUT2D eigenvalue weighted by atomic mass is 9.97. The van der Waals surface area contributed by atoms with Crippen LogP contribution >= 0.6 is 15.9 Å². The third kappa shape index (κ3) is 2.40. The number of hydrogen-bond acceptors (Lipinski definition) is 2. The summed E-state index contributed by atoms with van der Waals surface area (Å²) in [6.45, 7) is 3.94. The van der Waals surface area contributed by atoms with Crippen molar-refractivity contribution in [3.8, 4) is 0 Å². The van der Waals surface area contributed by atoms with Crippen molar-refractivity contribution in [2.45, 2.75) is 31.5 Å². The predicted octanol–water partition coefficient (Wildman–Crippen LogP) is 4.27. The molecule has 0 bridgehead atoms. The van der Waals surface area contributed by atoms with Crippen molar-refractivity contribution in [3.63, 3.8) is 0 Å². The van der Waals surface area contributed by atoms with Crippen LogP contribution in [0.1, 0.15) is 39.5 Å². The van der Waals surface area contributed by atoms with Gasteiger partial charge in [-0.25, -0.2) is 0 Å². The molecule has 1 amide bonds. The zero-order chi connectivity index (χ0) is 14.3. The van der Waals surface area contributed by atoms with Crippen molar-refractivity contribution < 1.29 is 9.21 Å². The molecule has 1 atom stereocenters. The van der Waals surface area contributed by atoms with Gasteiger partial charge in [0.15, 0.2) is 0 Å². The van der Waals surface area contributed by atoms with E-state index in [0.717, 1.165) is 29.2 Å². The van der Waals surface area contributed by atoms with Gasteiger partial charge < -0.3 is 9.73 Å². The van der Waals surface area contributed by atoms with Gasteiger partial charge in [-0.3, -0.25) is 4.79 Å². The second kappa shape index (κ2) is 5.09. The van der Waals surface area contributed by atoms with Crippen molar-refractivity contribution >= 4 is 27.5 Å². The molecule has 1 aliphatic heterocycles. The van der Waals surface area contributed by atoms with E-state index in [1.807, 2.05) is 26.0 Å². The smallest absolute Gasteiger partial charge is 0.224 e. The van der Waals surface area contributed by atoms with E-state index in [4.69, 9.17) is 4.42 Å². The molecular weight excluding hydrogens is 318 g/mol. The number of aryl methyl sites for hydroxylation is 3. The molecule has 1 unspecified atom stereocenters. The van der Waals surface area contributed by atoms with Crippen LogP contribution in [-0.2, 0) is 11.2 Å². The van der Waals surface area contributed by atoms with Crippen molar-refractivity contribution in [2.24, 2.45) is 0 Å². The molecule has 0 saturated heterocycles. The lowest BCUT2D eigenvalue weighted by Gasteiger charge is -2.19. The number of furan rings is 1. The van der Waals surface area contributed by atoms with Crippen LogP contribution in [0.15, 0.2) is 28.7 Å². The van der Waals surface area contributed by atoms with Crippen LogP contribution in [0.25, 0.3) is 0 Å². The first kappa shape index (κ1) is 13.4. The summed E-state index contributed by atoms with van der Waals surface area (Å²) < 4.78 is 5.60. The van der Waals surface area contributed by atoms with Gasteiger partial charge in [0.25, 0.3) is 0 Å². The van der Waals surface area contributed by atoms with Gasteiger partial charge in [-0.15, -0.1) is 0 Å². The molecule has 1 N–H and O–H groups in total. The van der Waals surface area contributed by atoms with E-state index < -0.39 is 0 Å². The minimum Gasteiger partial charge on any atom is -0.466 e. The summed E-state index contributed by atoms with van der Waals surface area (Å²) in [5.74, 6) is 1.96. The number of fused-ring (bicyclic) bond motifs is 1. The first-order chi connectivity index (χ1) is 9.54. The molecule has 1 aliphatic rings. The maximum absolute atomic E-state index is 11.4. The third-order valence-corrected chi connectivity index (χ3v) is 4.69. The normalized spacial score (nSPS) is 15.7. The van der Waals surface area contributed by atoms with E-state index in [0.29, 0.717) is 6.42 Å². The molecule has 1 aromatic heterocycles. The standard InChI is InChI=1S/C16H16BrNO2/c1-9-7-13(10(2)20-9)16(17)12-3-5-14-11(8-12)4-6-15(19)18-14/h3,5,7-8,16H,4,6H2,1-2H3,(H,18,19). The molecular formula is C16H16BrNO2. The number of halogens is 1. The first-order valence-corrected chi connectivity index (χ1v) is 7.60. The van der Waals surface area contributed by atoms with Crippen LogP contribution in [0.2, 0.25) is 0 Å². The molecule has 3 rings (SSSR count). The monoisotopic (exact) mass is 333 g/mol. The van der Waals surface area contributed by atoms with Gasteiger partial charge in [0.1, 0.15) is 11.5 Å². The van der Waals surface area contributed by atoms with E-state index in [2.05, 4.69) is 33.4 Å². The topological polar surface area (TPSA) is 42.2 Å². The van der Waals surface area contributed by atoms with E-state index >= 15 is 0 Å². The van der Waals surface area contributed by atoms with Gasteiger partial charge in [-0.2, -0.15) is 0 Å². The largest absolute Gasteiger partial charge is 0.466 e. The number of amides is 1. The number of carbonyl (C=O) groups is 1. The number of carbonyl (C=O) groups excluding carboxylic acids is 1. The Balaban J connectivity index is 1.95. The summed E-state index contributed by atoms with van der Waals surface area (Å²) in [6, 6.07) is 8.26. The van der Waals surface area contributed by atoms with E-state index in [1.165, 1.54) is 11.1 Å². The Kier molecular flexibility index (Phi) is 3.42. The Labute approximate surface area is 126 Å². The minimum absolute atomic E-state index is 0.0990. The van der Waals surface area contributed by atoms with Gasteiger partial charge in [-0.05, 0) is 43.5 Å². The number of nitrogens with one attached hydrogen (secondary N) is 1. The van der Waals surface area contributed by atoms with Crippen LogP contribution in [0.3, 0.4) is 0 Å². The van der Waals surface area contributed by atoms with Gasteiger partial charge in [0, 0.05) is 17.7 Å². The minimum atomic E-state index is 0.0990. The van der Waals surface area contributed by atoms with Crippen molar-refractivity contribution in [1.29, 1.82) is 0 Å². The fraction of sp³-hybridized carbons (Fsp3) is 0.312. The Hall–Kier alpha value is -1.55. The molecule has 0 radical (unpaired) electrons. The highest BCUT2D eigenvalue weighted by Crippen LogP contribution is 2.36. The molecule has 2 heterocycles. The summed E-state index contributed by atoms with van der Waals surface area (Å²) in [7, 11) is 0. The summed E-state index contributed by atoms with van der Waals surface area (Å²) in [5, 5.41) is 2.91. The number of benzene rings is 1. The Morgan fingerprint density at radius 3 is 2.75 bits per heavy atom. The highest BCUT2D eigenvalue weighted by molar-refractivity contribution is 9.09. The average Bonchev–Trinajstić information content (AvgIpc) is 2.76. The number of hydrogen-bond donors (Lipinski definition) is 1. The molecule has 2 aromatic rings. The maximum Gasteiger partial charge on any atom is 0.224 e. The molecule has 0 fully saturated rings. The number of rotatable bonds is 2. The van der Waals surface area contributed by atoms with Gasteiger partial charge in [0.2, 0.25) is 5.91 Å². The molecule has 0 spiro atoms. The van der Waals surface area contributed by atoms with Gasteiger partial charge >= 0.3 is 0 Å². The summed E-state index contributed by atoms with van der Waals surface area (Å²) in [6.07, 6.45) is 1.37. The molecule has 4 heteroatoms. The summed E-state index contributed by atoms with van der Waals surface area (Å²) >= 11 is 3.75. The zero-order valence-corrected chi connectivity index (χ0v) is 13.1. The van der Waals surface area contributed by atoms with Crippen LogP contribution < -0.4 is 5.32 Å². The van der Waals surface area contributed by atoms with Gasteiger partial charge in [0.05, 0.1) is 4.83 Å². The molecule has 0 saturated carbocycles.